The van der Waals surface area contributed by atoms with Crippen LogP contribution >= 0.6 is 15.9 Å². The SMILES string of the molecule is CS(=O)(=O)c1ccc(C(=O)NC2CCCCC2Br)cc1. The standard InChI is InChI=1S/C14H18BrNO3S/c1-20(18,19)11-8-6-10(7-9-11)14(17)16-13-5-3-2-4-12(13)15/h6-9,12-13H,2-5H2,1H3,(H,16,17). The largest absolute Gasteiger partial charge is 0.348 e. The van der Waals surface area contributed by atoms with E-state index in [1.807, 2.05) is 0 Å². The molecule has 1 fully saturated rings. The molecule has 20 heavy (non-hydrogen) atoms. The number of nitrogens with one attached hydrogen (secondary N) is 1. The van der Waals surface area contributed by atoms with Crippen LogP contribution in [0.25, 0.3) is 0 Å². The van der Waals surface area contributed by atoms with Crippen molar-refractivity contribution in [3.05, 3.63) is 29.8 Å². The highest BCUT2D eigenvalue weighted by Gasteiger charge is 2.24. The lowest BCUT2D eigenvalue weighted by molar-refractivity contribution is 0.0929. The van der Waals surface area contributed by atoms with Gasteiger partial charge < -0.3 is 5.32 Å². The Morgan fingerprint density at radius 2 is 1.80 bits per heavy atom. The number of alkyl halides is 1. The topological polar surface area (TPSA) is 63.2 Å². The molecule has 2 atom stereocenters. The van der Waals surface area contributed by atoms with Crippen LogP contribution in [0.5, 0.6) is 0 Å². The lowest BCUT2D eigenvalue weighted by atomic mass is 9.95. The maximum Gasteiger partial charge on any atom is 0.251 e. The average Bonchev–Trinajstić information content (AvgIpc) is 2.40. The van der Waals surface area contributed by atoms with Crippen molar-refractivity contribution in [2.45, 2.75) is 41.4 Å². The summed E-state index contributed by atoms with van der Waals surface area (Å²) in [6.07, 6.45) is 5.51. The molecule has 0 aromatic heterocycles. The second-order valence-corrected chi connectivity index (χ2v) is 8.37. The van der Waals surface area contributed by atoms with E-state index in [1.165, 1.54) is 18.6 Å². The third-order valence-electron chi connectivity index (χ3n) is 3.54. The van der Waals surface area contributed by atoms with Crippen LogP contribution in [0.15, 0.2) is 29.2 Å². The van der Waals surface area contributed by atoms with E-state index < -0.39 is 9.84 Å². The zero-order valence-electron chi connectivity index (χ0n) is 11.3. The van der Waals surface area contributed by atoms with Crippen LogP contribution in [-0.4, -0.2) is 31.4 Å². The van der Waals surface area contributed by atoms with E-state index in [0.29, 0.717) is 10.4 Å². The van der Waals surface area contributed by atoms with Crippen LogP contribution in [-0.2, 0) is 9.84 Å². The number of carbonyl (C=O) groups is 1. The predicted molar refractivity (Wildman–Crippen MR) is 82.0 cm³/mol. The Balaban J connectivity index is 2.06. The summed E-state index contributed by atoms with van der Waals surface area (Å²) in [7, 11) is -3.22. The minimum Gasteiger partial charge on any atom is -0.348 e. The van der Waals surface area contributed by atoms with Crippen molar-refractivity contribution in [1.29, 1.82) is 0 Å². The van der Waals surface area contributed by atoms with E-state index in [-0.39, 0.29) is 16.8 Å². The van der Waals surface area contributed by atoms with Crippen molar-refractivity contribution in [3.8, 4) is 0 Å². The quantitative estimate of drug-likeness (QED) is 0.843. The average molecular weight is 360 g/mol. The van der Waals surface area contributed by atoms with E-state index in [0.717, 1.165) is 25.5 Å². The number of amides is 1. The normalized spacial score (nSPS) is 23.3. The van der Waals surface area contributed by atoms with Gasteiger partial charge in [-0.3, -0.25) is 4.79 Å². The van der Waals surface area contributed by atoms with Crippen molar-refractivity contribution in [2.75, 3.05) is 6.26 Å². The monoisotopic (exact) mass is 359 g/mol. The molecule has 1 aromatic carbocycles. The van der Waals surface area contributed by atoms with Gasteiger partial charge in [0.25, 0.3) is 5.91 Å². The van der Waals surface area contributed by atoms with Crippen LogP contribution in [0.3, 0.4) is 0 Å². The number of rotatable bonds is 3. The fourth-order valence-corrected chi connectivity index (χ4v) is 3.70. The third-order valence-corrected chi connectivity index (χ3v) is 5.77. The molecule has 2 rings (SSSR count). The molecule has 0 bridgehead atoms. The van der Waals surface area contributed by atoms with Crippen molar-refractivity contribution in [3.63, 3.8) is 0 Å². The molecule has 110 valence electrons. The first-order valence-electron chi connectivity index (χ1n) is 6.63. The van der Waals surface area contributed by atoms with Crippen LogP contribution in [0.2, 0.25) is 0 Å². The highest BCUT2D eigenvalue weighted by atomic mass is 79.9. The Bertz CT molecular complexity index is 583. The predicted octanol–water partition coefficient (Wildman–Crippen LogP) is 2.53. The van der Waals surface area contributed by atoms with Crippen molar-refractivity contribution < 1.29 is 13.2 Å². The van der Waals surface area contributed by atoms with Crippen LogP contribution < -0.4 is 5.32 Å². The maximum atomic E-state index is 12.1. The van der Waals surface area contributed by atoms with Gasteiger partial charge >= 0.3 is 0 Å². The summed E-state index contributed by atoms with van der Waals surface area (Å²) in [6, 6.07) is 6.19. The molecule has 4 nitrogen and oxygen atoms in total. The van der Waals surface area contributed by atoms with Gasteiger partial charge in [0.15, 0.2) is 9.84 Å². The van der Waals surface area contributed by atoms with Gasteiger partial charge in [-0.2, -0.15) is 0 Å². The van der Waals surface area contributed by atoms with Crippen molar-refractivity contribution in [1.82, 2.24) is 5.32 Å². The van der Waals surface area contributed by atoms with E-state index in [1.54, 1.807) is 12.1 Å². The molecule has 1 amide bonds. The minimum atomic E-state index is -3.22. The molecular formula is C14H18BrNO3S. The number of sulfone groups is 1. The first-order valence-corrected chi connectivity index (χ1v) is 9.44. The van der Waals surface area contributed by atoms with E-state index in [9.17, 15) is 13.2 Å². The summed E-state index contributed by atoms with van der Waals surface area (Å²) in [5.74, 6) is -0.151. The number of carbonyl (C=O) groups excluding carboxylic acids is 1. The molecule has 0 heterocycles. The second kappa shape index (κ2) is 6.26. The molecule has 0 spiro atoms. The Kier molecular flexibility index (Phi) is 4.86. The minimum absolute atomic E-state index is 0.144. The highest BCUT2D eigenvalue weighted by Crippen LogP contribution is 2.24. The van der Waals surface area contributed by atoms with Crippen molar-refractivity contribution in [2.24, 2.45) is 0 Å². The summed E-state index contributed by atoms with van der Waals surface area (Å²) in [4.78, 5) is 12.7. The molecule has 1 aliphatic rings. The summed E-state index contributed by atoms with van der Waals surface area (Å²) in [6.45, 7) is 0. The zero-order valence-corrected chi connectivity index (χ0v) is 13.7. The summed E-state index contributed by atoms with van der Waals surface area (Å²) in [5.41, 5.74) is 0.489. The maximum absolute atomic E-state index is 12.1. The first-order chi connectivity index (χ1) is 9.38. The first kappa shape index (κ1) is 15.5. The highest BCUT2D eigenvalue weighted by molar-refractivity contribution is 9.09. The molecule has 1 saturated carbocycles. The van der Waals surface area contributed by atoms with Gasteiger partial charge in [-0.05, 0) is 37.1 Å². The van der Waals surface area contributed by atoms with Gasteiger partial charge in [-0.25, -0.2) is 8.42 Å². The summed E-state index contributed by atoms with van der Waals surface area (Å²) >= 11 is 3.60. The smallest absolute Gasteiger partial charge is 0.251 e. The van der Waals surface area contributed by atoms with Gasteiger partial charge in [0.1, 0.15) is 0 Å². The number of halogens is 1. The van der Waals surface area contributed by atoms with Crippen LogP contribution in [0, 0.1) is 0 Å². The molecule has 1 aliphatic carbocycles. The lowest BCUT2D eigenvalue weighted by Crippen LogP contribution is -2.42. The third kappa shape index (κ3) is 3.82. The van der Waals surface area contributed by atoms with Gasteiger partial charge in [-0.1, -0.05) is 28.8 Å². The molecule has 0 aliphatic heterocycles. The summed E-state index contributed by atoms with van der Waals surface area (Å²) < 4.78 is 22.7. The zero-order chi connectivity index (χ0) is 14.8. The van der Waals surface area contributed by atoms with Gasteiger partial charge in [0, 0.05) is 22.7 Å². The molecule has 0 saturated heterocycles. The summed E-state index contributed by atoms with van der Waals surface area (Å²) in [5, 5.41) is 3.01. The number of hydrogen-bond donors (Lipinski definition) is 1. The second-order valence-electron chi connectivity index (χ2n) is 5.18. The molecule has 0 radical (unpaired) electrons. The number of benzene rings is 1. The van der Waals surface area contributed by atoms with E-state index >= 15 is 0 Å². The van der Waals surface area contributed by atoms with Gasteiger partial charge in [0.05, 0.1) is 4.90 Å². The van der Waals surface area contributed by atoms with Crippen LogP contribution in [0.1, 0.15) is 36.0 Å². The van der Waals surface area contributed by atoms with E-state index in [2.05, 4.69) is 21.2 Å². The fourth-order valence-electron chi connectivity index (χ4n) is 2.35. The molecule has 6 heteroatoms. The molecule has 1 aromatic rings. The number of hydrogen-bond acceptors (Lipinski definition) is 3. The molecule has 2 unspecified atom stereocenters. The van der Waals surface area contributed by atoms with Gasteiger partial charge in [-0.15, -0.1) is 0 Å². The van der Waals surface area contributed by atoms with Gasteiger partial charge in [0.2, 0.25) is 0 Å². The Morgan fingerprint density at radius 3 is 2.35 bits per heavy atom. The van der Waals surface area contributed by atoms with Crippen LogP contribution in [0.4, 0.5) is 0 Å². The molecule has 1 N–H and O–H groups in total. The van der Waals surface area contributed by atoms with Crippen molar-refractivity contribution >= 4 is 31.7 Å². The lowest BCUT2D eigenvalue weighted by Gasteiger charge is -2.28. The Morgan fingerprint density at radius 1 is 1.20 bits per heavy atom. The Labute approximate surface area is 128 Å². The Hall–Kier alpha value is -0.880. The fraction of sp³-hybridized carbons (Fsp3) is 0.500. The van der Waals surface area contributed by atoms with E-state index in [4.69, 9.17) is 0 Å². The molecular weight excluding hydrogens is 342 g/mol.